The summed E-state index contributed by atoms with van der Waals surface area (Å²) in [5, 5.41) is 3.64. The van der Waals surface area contributed by atoms with Gasteiger partial charge < -0.3 is 5.32 Å². The highest BCUT2D eigenvalue weighted by atomic mass is 15.2. The van der Waals surface area contributed by atoms with Crippen molar-refractivity contribution in [2.24, 2.45) is 5.92 Å². The Morgan fingerprint density at radius 3 is 2.61 bits per heavy atom. The minimum atomic E-state index is 0.630. The van der Waals surface area contributed by atoms with Crippen molar-refractivity contribution in [3.05, 3.63) is 35.4 Å². The summed E-state index contributed by atoms with van der Waals surface area (Å²) in [6.07, 6.45) is 2.87. The van der Waals surface area contributed by atoms with Gasteiger partial charge in [-0.1, -0.05) is 29.8 Å². The van der Waals surface area contributed by atoms with Crippen molar-refractivity contribution in [3.8, 4) is 0 Å². The summed E-state index contributed by atoms with van der Waals surface area (Å²) >= 11 is 0. The van der Waals surface area contributed by atoms with Crippen molar-refractivity contribution in [3.63, 3.8) is 0 Å². The van der Waals surface area contributed by atoms with E-state index in [4.69, 9.17) is 0 Å². The smallest absolute Gasteiger partial charge is 0.0253 e. The Labute approximate surface area is 110 Å². The zero-order chi connectivity index (χ0) is 12.5. The summed E-state index contributed by atoms with van der Waals surface area (Å²) < 4.78 is 0. The zero-order valence-corrected chi connectivity index (χ0v) is 11.5. The maximum absolute atomic E-state index is 3.64. The minimum Gasteiger partial charge on any atom is -0.311 e. The Kier molecular flexibility index (Phi) is 3.40. The molecule has 0 amide bonds. The molecule has 1 aliphatic heterocycles. The highest BCUT2D eigenvalue weighted by molar-refractivity contribution is 5.21. The lowest BCUT2D eigenvalue weighted by atomic mass is 10.0. The van der Waals surface area contributed by atoms with Crippen LogP contribution in [0, 0.1) is 12.8 Å². The number of hydrogen-bond donors (Lipinski definition) is 1. The molecule has 0 aromatic heterocycles. The second-order valence-corrected chi connectivity index (χ2v) is 6.13. The molecule has 2 unspecified atom stereocenters. The van der Waals surface area contributed by atoms with E-state index < -0.39 is 0 Å². The Hall–Kier alpha value is -0.860. The fourth-order valence-electron chi connectivity index (χ4n) is 3.06. The molecule has 18 heavy (non-hydrogen) atoms. The Balaban J connectivity index is 1.69. The second kappa shape index (κ2) is 5.02. The number of piperazine rings is 1. The van der Waals surface area contributed by atoms with Crippen LogP contribution in [0.2, 0.25) is 0 Å². The zero-order valence-electron chi connectivity index (χ0n) is 11.5. The number of hydrogen-bond acceptors (Lipinski definition) is 2. The normalized spacial score (nSPS) is 29.4. The number of nitrogens with one attached hydrogen (secondary N) is 1. The quantitative estimate of drug-likeness (QED) is 0.879. The highest BCUT2D eigenvalue weighted by Crippen LogP contribution is 2.36. The average molecular weight is 244 g/mol. The molecule has 0 spiro atoms. The van der Waals surface area contributed by atoms with Gasteiger partial charge in [-0.25, -0.2) is 0 Å². The van der Waals surface area contributed by atoms with E-state index in [9.17, 15) is 0 Å². The van der Waals surface area contributed by atoms with Crippen LogP contribution in [0.3, 0.4) is 0 Å². The van der Waals surface area contributed by atoms with E-state index in [1.54, 1.807) is 0 Å². The molecular weight excluding hydrogens is 220 g/mol. The van der Waals surface area contributed by atoms with Crippen molar-refractivity contribution in [2.45, 2.75) is 45.3 Å². The van der Waals surface area contributed by atoms with Gasteiger partial charge in [0.1, 0.15) is 0 Å². The molecule has 0 bridgehead atoms. The van der Waals surface area contributed by atoms with Crippen LogP contribution < -0.4 is 5.32 Å². The number of nitrogens with zero attached hydrogens (tertiary/aromatic N) is 1. The molecule has 3 rings (SSSR count). The van der Waals surface area contributed by atoms with E-state index in [0.717, 1.165) is 18.5 Å². The molecule has 0 radical (unpaired) electrons. The first kappa shape index (κ1) is 12.2. The Morgan fingerprint density at radius 2 is 1.94 bits per heavy atom. The van der Waals surface area contributed by atoms with E-state index >= 15 is 0 Å². The van der Waals surface area contributed by atoms with E-state index in [1.165, 1.54) is 37.1 Å². The molecule has 1 aromatic carbocycles. The Bertz CT molecular complexity index is 394. The van der Waals surface area contributed by atoms with Crippen LogP contribution in [-0.4, -0.2) is 30.1 Å². The first-order chi connectivity index (χ1) is 8.72. The van der Waals surface area contributed by atoms with Gasteiger partial charge in [0.25, 0.3) is 0 Å². The van der Waals surface area contributed by atoms with Gasteiger partial charge in [-0.2, -0.15) is 0 Å². The Morgan fingerprint density at radius 1 is 1.22 bits per heavy atom. The van der Waals surface area contributed by atoms with Crippen LogP contribution >= 0.6 is 0 Å². The van der Waals surface area contributed by atoms with Crippen LogP contribution in [0.15, 0.2) is 24.3 Å². The van der Waals surface area contributed by atoms with Crippen LogP contribution in [0.4, 0.5) is 0 Å². The van der Waals surface area contributed by atoms with E-state index in [-0.39, 0.29) is 0 Å². The molecule has 1 aliphatic carbocycles. The lowest BCUT2D eigenvalue weighted by Gasteiger charge is -2.39. The average Bonchev–Trinajstić information content (AvgIpc) is 3.17. The van der Waals surface area contributed by atoms with Gasteiger partial charge in [-0.05, 0) is 38.2 Å². The topological polar surface area (TPSA) is 15.3 Å². The van der Waals surface area contributed by atoms with Crippen molar-refractivity contribution < 1.29 is 0 Å². The van der Waals surface area contributed by atoms with Gasteiger partial charge in [-0.15, -0.1) is 0 Å². The largest absolute Gasteiger partial charge is 0.311 e. The molecule has 1 N–H and O–H groups in total. The van der Waals surface area contributed by atoms with Crippen molar-refractivity contribution in [1.82, 2.24) is 10.2 Å². The molecule has 1 saturated heterocycles. The maximum Gasteiger partial charge on any atom is 0.0253 e. The third-order valence-electron chi connectivity index (χ3n) is 4.33. The van der Waals surface area contributed by atoms with E-state index in [2.05, 4.69) is 48.3 Å². The molecule has 1 saturated carbocycles. The summed E-state index contributed by atoms with van der Waals surface area (Å²) in [6.45, 7) is 7.94. The molecule has 1 aromatic rings. The monoisotopic (exact) mass is 244 g/mol. The summed E-state index contributed by atoms with van der Waals surface area (Å²) in [4.78, 5) is 2.70. The van der Waals surface area contributed by atoms with Gasteiger partial charge >= 0.3 is 0 Å². The van der Waals surface area contributed by atoms with Gasteiger partial charge in [-0.3, -0.25) is 4.90 Å². The van der Waals surface area contributed by atoms with Crippen LogP contribution in [0.25, 0.3) is 0 Å². The van der Waals surface area contributed by atoms with E-state index in [1.807, 2.05) is 0 Å². The van der Waals surface area contributed by atoms with Crippen molar-refractivity contribution >= 4 is 0 Å². The molecule has 2 heteroatoms. The third kappa shape index (κ3) is 2.76. The van der Waals surface area contributed by atoms with Gasteiger partial charge in [0, 0.05) is 31.7 Å². The van der Waals surface area contributed by atoms with Gasteiger partial charge in [0.15, 0.2) is 0 Å². The lowest BCUT2D eigenvalue weighted by molar-refractivity contribution is 0.112. The minimum absolute atomic E-state index is 0.630. The van der Waals surface area contributed by atoms with E-state index in [0.29, 0.717) is 6.04 Å². The van der Waals surface area contributed by atoms with Crippen molar-refractivity contribution in [2.75, 3.05) is 13.1 Å². The fraction of sp³-hybridized carbons (Fsp3) is 0.625. The predicted octanol–water partition coefficient (Wildman–Crippen LogP) is 2.57. The molecular formula is C16H24N2. The second-order valence-electron chi connectivity index (χ2n) is 6.13. The van der Waals surface area contributed by atoms with Crippen LogP contribution in [0.5, 0.6) is 0 Å². The van der Waals surface area contributed by atoms with Crippen LogP contribution in [0.1, 0.15) is 30.9 Å². The molecule has 1 heterocycles. The summed E-state index contributed by atoms with van der Waals surface area (Å²) in [5.74, 6) is 0.954. The maximum atomic E-state index is 3.64. The number of rotatable bonds is 3. The SMILES string of the molecule is Cc1ccc(CN2CC(C)NCC2C2CC2)cc1. The summed E-state index contributed by atoms with van der Waals surface area (Å²) in [5.41, 5.74) is 2.81. The third-order valence-corrected chi connectivity index (χ3v) is 4.33. The van der Waals surface area contributed by atoms with Crippen molar-refractivity contribution in [1.29, 1.82) is 0 Å². The van der Waals surface area contributed by atoms with Gasteiger partial charge in [0.05, 0.1) is 0 Å². The molecule has 2 fully saturated rings. The summed E-state index contributed by atoms with van der Waals surface area (Å²) in [7, 11) is 0. The number of benzene rings is 1. The van der Waals surface area contributed by atoms with Gasteiger partial charge in [0.2, 0.25) is 0 Å². The van der Waals surface area contributed by atoms with Crippen LogP contribution in [-0.2, 0) is 6.54 Å². The molecule has 2 nitrogen and oxygen atoms in total. The first-order valence-electron chi connectivity index (χ1n) is 7.25. The predicted molar refractivity (Wildman–Crippen MR) is 75.6 cm³/mol. The fourth-order valence-corrected chi connectivity index (χ4v) is 3.06. The molecule has 2 atom stereocenters. The highest BCUT2D eigenvalue weighted by Gasteiger charge is 2.37. The summed E-state index contributed by atoms with van der Waals surface area (Å²) in [6, 6.07) is 10.4. The number of aryl methyl sites for hydroxylation is 1. The lowest BCUT2D eigenvalue weighted by Crippen LogP contribution is -2.55. The molecule has 2 aliphatic rings. The first-order valence-corrected chi connectivity index (χ1v) is 7.25. The molecule has 98 valence electrons. The standard InChI is InChI=1S/C16H24N2/c1-12-3-5-14(6-4-12)11-18-10-13(2)17-9-16(18)15-7-8-15/h3-6,13,15-17H,7-11H2,1-2H3.